The molecule has 0 unspecified atom stereocenters. The van der Waals surface area contributed by atoms with Gasteiger partial charge in [0.25, 0.3) is 0 Å². The van der Waals surface area contributed by atoms with Crippen molar-refractivity contribution >= 4 is 5.97 Å². The van der Waals surface area contributed by atoms with Gasteiger partial charge in [-0.25, -0.2) is 0 Å². The number of carbonyl (C=O) groups excluding carboxylic acids is 1. The van der Waals surface area contributed by atoms with Crippen molar-refractivity contribution in [3.63, 3.8) is 0 Å². The third-order valence-electron chi connectivity index (χ3n) is 1.84. The average Bonchev–Trinajstić information content (AvgIpc) is 2.05. The van der Waals surface area contributed by atoms with E-state index in [4.69, 9.17) is 14.7 Å². The standard InChI is InChI=1S/C8H11NO3/c1-7(10)12-8(6-9)2-4-11-5-3-8/h2-5H2,1H3. The Labute approximate surface area is 71.1 Å². The van der Waals surface area contributed by atoms with Gasteiger partial charge in [-0.1, -0.05) is 0 Å². The zero-order valence-electron chi connectivity index (χ0n) is 7.00. The molecule has 0 N–H and O–H groups in total. The van der Waals surface area contributed by atoms with Gasteiger partial charge in [-0.05, 0) is 0 Å². The quantitative estimate of drug-likeness (QED) is 0.540. The second-order valence-electron chi connectivity index (χ2n) is 2.81. The minimum atomic E-state index is -0.927. The lowest BCUT2D eigenvalue weighted by molar-refractivity contribution is -0.158. The summed E-state index contributed by atoms with van der Waals surface area (Å²) in [6, 6.07) is 2.03. The van der Waals surface area contributed by atoms with Crippen molar-refractivity contribution in [3.8, 4) is 6.07 Å². The molecule has 0 radical (unpaired) electrons. The molecule has 0 aromatic carbocycles. The largest absolute Gasteiger partial charge is 0.444 e. The molecule has 0 bridgehead atoms. The van der Waals surface area contributed by atoms with Crippen LogP contribution in [0.25, 0.3) is 0 Å². The average molecular weight is 169 g/mol. The maximum absolute atomic E-state index is 10.7. The van der Waals surface area contributed by atoms with Gasteiger partial charge in [-0.15, -0.1) is 0 Å². The molecule has 0 aromatic heterocycles. The van der Waals surface area contributed by atoms with E-state index in [1.54, 1.807) is 0 Å². The molecule has 1 aliphatic rings. The summed E-state index contributed by atoms with van der Waals surface area (Å²) in [5, 5.41) is 8.81. The highest BCUT2D eigenvalue weighted by Gasteiger charge is 2.35. The summed E-state index contributed by atoms with van der Waals surface area (Å²) in [7, 11) is 0. The second kappa shape index (κ2) is 3.55. The van der Waals surface area contributed by atoms with Gasteiger partial charge in [0.05, 0.1) is 13.2 Å². The summed E-state index contributed by atoms with van der Waals surface area (Å²) in [5.41, 5.74) is -0.927. The van der Waals surface area contributed by atoms with Gasteiger partial charge < -0.3 is 9.47 Å². The van der Waals surface area contributed by atoms with E-state index in [-0.39, 0.29) is 0 Å². The zero-order chi connectivity index (χ0) is 9.03. The maximum atomic E-state index is 10.7. The second-order valence-corrected chi connectivity index (χ2v) is 2.81. The molecule has 1 heterocycles. The van der Waals surface area contributed by atoms with Crippen molar-refractivity contribution in [1.82, 2.24) is 0 Å². The summed E-state index contributed by atoms with van der Waals surface area (Å²) in [6.07, 6.45) is 0.951. The Morgan fingerprint density at radius 1 is 1.58 bits per heavy atom. The fourth-order valence-electron chi connectivity index (χ4n) is 1.21. The zero-order valence-corrected chi connectivity index (χ0v) is 7.00. The van der Waals surface area contributed by atoms with Crippen LogP contribution in [0.5, 0.6) is 0 Å². The fraction of sp³-hybridized carbons (Fsp3) is 0.750. The monoisotopic (exact) mass is 169 g/mol. The number of esters is 1. The van der Waals surface area contributed by atoms with E-state index in [0.29, 0.717) is 26.1 Å². The molecule has 4 nitrogen and oxygen atoms in total. The molecule has 1 rings (SSSR count). The predicted molar refractivity (Wildman–Crippen MR) is 40.2 cm³/mol. The van der Waals surface area contributed by atoms with Crippen molar-refractivity contribution in [2.45, 2.75) is 25.4 Å². The van der Waals surface area contributed by atoms with Gasteiger partial charge in [0.2, 0.25) is 5.60 Å². The first-order chi connectivity index (χ1) is 5.68. The third kappa shape index (κ3) is 1.95. The van der Waals surface area contributed by atoms with E-state index >= 15 is 0 Å². The molecular weight excluding hydrogens is 158 g/mol. The Morgan fingerprint density at radius 3 is 2.58 bits per heavy atom. The van der Waals surface area contributed by atoms with Crippen molar-refractivity contribution in [1.29, 1.82) is 5.26 Å². The highest BCUT2D eigenvalue weighted by atomic mass is 16.6. The molecule has 0 aliphatic carbocycles. The SMILES string of the molecule is CC(=O)OC1(C#N)CCOCC1. The number of hydrogen-bond acceptors (Lipinski definition) is 4. The molecule has 0 atom stereocenters. The minimum absolute atomic E-state index is 0.404. The van der Waals surface area contributed by atoms with Gasteiger partial charge in [-0.3, -0.25) is 4.79 Å². The predicted octanol–water partition coefficient (Wildman–Crippen LogP) is 0.622. The molecular formula is C8H11NO3. The van der Waals surface area contributed by atoms with Crippen molar-refractivity contribution in [2.75, 3.05) is 13.2 Å². The first kappa shape index (κ1) is 9.01. The van der Waals surface area contributed by atoms with Gasteiger partial charge in [-0.2, -0.15) is 5.26 Å². The Kier molecular flexibility index (Phi) is 2.66. The highest BCUT2D eigenvalue weighted by molar-refractivity contribution is 5.67. The Bertz CT molecular complexity index is 213. The Hall–Kier alpha value is -1.08. The molecule has 1 fully saturated rings. The topological polar surface area (TPSA) is 59.3 Å². The molecule has 0 saturated carbocycles. The smallest absolute Gasteiger partial charge is 0.304 e. The minimum Gasteiger partial charge on any atom is -0.444 e. The first-order valence-electron chi connectivity index (χ1n) is 3.87. The van der Waals surface area contributed by atoms with Crippen LogP contribution in [0.4, 0.5) is 0 Å². The molecule has 1 aliphatic heterocycles. The molecule has 66 valence electrons. The van der Waals surface area contributed by atoms with Crippen LogP contribution in [0.3, 0.4) is 0 Å². The van der Waals surface area contributed by atoms with E-state index < -0.39 is 11.6 Å². The Morgan fingerprint density at radius 2 is 2.17 bits per heavy atom. The molecule has 4 heteroatoms. The van der Waals surface area contributed by atoms with Crippen LogP contribution >= 0.6 is 0 Å². The number of hydrogen-bond donors (Lipinski definition) is 0. The maximum Gasteiger partial charge on any atom is 0.304 e. The summed E-state index contributed by atoms with van der Waals surface area (Å²) >= 11 is 0. The molecule has 0 spiro atoms. The van der Waals surface area contributed by atoms with Gasteiger partial charge in [0.1, 0.15) is 6.07 Å². The number of carbonyl (C=O) groups is 1. The third-order valence-corrected chi connectivity index (χ3v) is 1.84. The number of nitrogens with zero attached hydrogens (tertiary/aromatic N) is 1. The number of ether oxygens (including phenoxy) is 2. The van der Waals surface area contributed by atoms with E-state index in [1.807, 2.05) is 6.07 Å². The van der Waals surface area contributed by atoms with Crippen molar-refractivity contribution in [3.05, 3.63) is 0 Å². The van der Waals surface area contributed by atoms with Crippen LogP contribution in [0.15, 0.2) is 0 Å². The molecule has 12 heavy (non-hydrogen) atoms. The summed E-state index contributed by atoms with van der Waals surface area (Å²) in [6.45, 7) is 2.29. The lowest BCUT2D eigenvalue weighted by Crippen LogP contribution is -2.38. The lowest BCUT2D eigenvalue weighted by Gasteiger charge is -2.29. The van der Waals surface area contributed by atoms with Crippen LogP contribution in [-0.4, -0.2) is 24.8 Å². The molecule has 1 saturated heterocycles. The lowest BCUT2D eigenvalue weighted by atomic mass is 9.96. The van der Waals surface area contributed by atoms with Gasteiger partial charge in [0.15, 0.2) is 0 Å². The van der Waals surface area contributed by atoms with Crippen LogP contribution < -0.4 is 0 Å². The van der Waals surface area contributed by atoms with Crippen LogP contribution in [0.2, 0.25) is 0 Å². The highest BCUT2D eigenvalue weighted by Crippen LogP contribution is 2.24. The summed E-state index contributed by atoms with van der Waals surface area (Å²) < 4.78 is 10.0. The van der Waals surface area contributed by atoms with E-state index in [1.165, 1.54) is 6.92 Å². The normalized spacial score (nSPS) is 21.0. The Balaban J connectivity index is 2.61. The first-order valence-corrected chi connectivity index (χ1v) is 3.87. The summed E-state index contributed by atoms with van der Waals surface area (Å²) in [5.74, 6) is -0.404. The van der Waals surface area contributed by atoms with Gasteiger partial charge in [0, 0.05) is 19.8 Å². The van der Waals surface area contributed by atoms with Gasteiger partial charge >= 0.3 is 5.97 Å². The van der Waals surface area contributed by atoms with E-state index in [2.05, 4.69) is 0 Å². The van der Waals surface area contributed by atoms with E-state index in [0.717, 1.165) is 0 Å². The molecule has 0 amide bonds. The number of rotatable bonds is 1. The van der Waals surface area contributed by atoms with Crippen LogP contribution in [0, 0.1) is 11.3 Å². The van der Waals surface area contributed by atoms with Crippen molar-refractivity contribution in [2.24, 2.45) is 0 Å². The van der Waals surface area contributed by atoms with Crippen LogP contribution in [0.1, 0.15) is 19.8 Å². The van der Waals surface area contributed by atoms with Crippen LogP contribution in [-0.2, 0) is 14.3 Å². The van der Waals surface area contributed by atoms with Crippen molar-refractivity contribution < 1.29 is 14.3 Å². The summed E-state index contributed by atoms with van der Waals surface area (Å²) in [4.78, 5) is 10.7. The van der Waals surface area contributed by atoms with E-state index in [9.17, 15) is 4.79 Å². The fourth-order valence-corrected chi connectivity index (χ4v) is 1.21. The molecule has 0 aromatic rings. The number of nitriles is 1.